The fourth-order valence-corrected chi connectivity index (χ4v) is 2.56. The molecule has 1 N–H and O–H groups in total. The van der Waals surface area contributed by atoms with E-state index in [1.165, 1.54) is 35.7 Å². The summed E-state index contributed by atoms with van der Waals surface area (Å²) in [6.07, 6.45) is 6.96. The van der Waals surface area contributed by atoms with Crippen LogP contribution in [-0.2, 0) is 6.42 Å². The molecule has 16 heavy (non-hydrogen) atoms. The molecule has 0 amide bonds. The van der Waals surface area contributed by atoms with Gasteiger partial charge in [0.15, 0.2) is 0 Å². The van der Waals surface area contributed by atoms with Crippen molar-refractivity contribution in [3.63, 3.8) is 0 Å². The van der Waals surface area contributed by atoms with Gasteiger partial charge in [-0.2, -0.15) is 0 Å². The first-order chi connectivity index (χ1) is 7.90. The molecule has 84 valence electrons. The molecule has 0 radical (unpaired) electrons. The topological polar surface area (TPSA) is 25.2 Å². The number of aromatic nitrogens is 1. The number of hydrogen-bond acceptors (Lipinski definition) is 1. The maximum Gasteiger partial charge on any atom is 0.0485 e. The maximum atomic E-state index is 9.09. The second-order valence-electron chi connectivity index (χ2n) is 4.64. The first-order valence-electron chi connectivity index (χ1n) is 6.09. The lowest BCUT2D eigenvalue weighted by Crippen LogP contribution is -2.15. The summed E-state index contributed by atoms with van der Waals surface area (Å²) in [5, 5.41) is 10.4. The van der Waals surface area contributed by atoms with Crippen LogP contribution in [0.4, 0.5) is 0 Å². The van der Waals surface area contributed by atoms with E-state index >= 15 is 0 Å². The Morgan fingerprint density at radius 1 is 1.25 bits per heavy atom. The quantitative estimate of drug-likeness (QED) is 0.836. The van der Waals surface area contributed by atoms with E-state index in [0.29, 0.717) is 6.04 Å². The minimum Gasteiger partial charge on any atom is -0.396 e. The molecule has 0 saturated heterocycles. The summed E-state index contributed by atoms with van der Waals surface area (Å²) in [5.41, 5.74) is 2.61. The fraction of sp³-hybridized carbons (Fsp3) is 0.429. The monoisotopic (exact) mass is 215 g/mol. The molecule has 0 atom stereocenters. The standard InChI is InChI=1S/C14H17NO/c16-9-8-11-10-15(12-4-3-5-12)14-7-2-1-6-13(11)14/h1-2,6-7,10,12,16H,3-5,8-9H2. The maximum absolute atomic E-state index is 9.09. The minimum absolute atomic E-state index is 0.235. The van der Waals surface area contributed by atoms with Crippen molar-refractivity contribution in [2.45, 2.75) is 31.7 Å². The van der Waals surface area contributed by atoms with Gasteiger partial charge in [-0.25, -0.2) is 0 Å². The van der Waals surface area contributed by atoms with Crippen molar-refractivity contribution in [1.82, 2.24) is 4.57 Å². The molecule has 1 aliphatic rings. The van der Waals surface area contributed by atoms with Crippen molar-refractivity contribution in [3.8, 4) is 0 Å². The molecule has 0 bridgehead atoms. The SMILES string of the molecule is OCCc1cn(C2CCC2)c2ccccc12. The Balaban J connectivity index is 2.12. The molecule has 0 aliphatic heterocycles. The van der Waals surface area contributed by atoms with Crippen LogP contribution in [0.1, 0.15) is 30.9 Å². The molecule has 2 heteroatoms. The Morgan fingerprint density at radius 2 is 2.06 bits per heavy atom. The lowest BCUT2D eigenvalue weighted by atomic mass is 9.93. The van der Waals surface area contributed by atoms with E-state index < -0.39 is 0 Å². The number of hydrogen-bond donors (Lipinski definition) is 1. The molecule has 3 rings (SSSR count). The van der Waals surface area contributed by atoms with E-state index in [1.54, 1.807) is 0 Å². The van der Waals surface area contributed by atoms with E-state index in [-0.39, 0.29) is 6.61 Å². The first-order valence-corrected chi connectivity index (χ1v) is 6.09. The van der Waals surface area contributed by atoms with Gasteiger partial charge in [-0.05, 0) is 37.3 Å². The summed E-state index contributed by atoms with van der Waals surface area (Å²) in [6.45, 7) is 0.235. The highest BCUT2D eigenvalue weighted by molar-refractivity contribution is 5.84. The Bertz CT molecular complexity index is 496. The van der Waals surface area contributed by atoms with Crippen LogP contribution >= 0.6 is 0 Å². The fourth-order valence-electron chi connectivity index (χ4n) is 2.56. The van der Waals surface area contributed by atoms with Crippen LogP contribution in [0, 0.1) is 0 Å². The van der Waals surface area contributed by atoms with E-state index in [2.05, 4.69) is 35.0 Å². The Hall–Kier alpha value is -1.28. The van der Waals surface area contributed by atoms with Crippen molar-refractivity contribution in [1.29, 1.82) is 0 Å². The molecular formula is C14H17NO. The molecule has 2 nitrogen and oxygen atoms in total. The zero-order valence-corrected chi connectivity index (χ0v) is 9.39. The number of rotatable bonds is 3. The molecule has 0 spiro atoms. The highest BCUT2D eigenvalue weighted by atomic mass is 16.2. The zero-order chi connectivity index (χ0) is 11.0. The lowest BCUT2D eigenvalue weighted by molar-refractivity contribution is 0.298. The van der Waals surface area contributed by atoms with Crippen molar-refractivity contribution < 1.29 is 5.11 Å². The molecule has 0 unspecified atom stereocenters. The van der Waals surface area contributed by atoms with Crippen LogP contribution < -0.4 is 0 Å². The third kappa shape index (κ3) is 1.45. The highest BCUT2D eigenvalue weighted by Gasteiger charge is 2.21. The molecule has 1 aliphatic carbocycles. The Kier molecular flexibility index (Phi) is 2.44. The molecule has 1 fully saturated rings. The van der Waals surface area contributed by atoms with Crippen LogP contribution in [0.15, 0.2) is 30.5 Å². The molecule has 1 aromatic heterocycles. The minimum atomic E-state index is 0.235. The van der Waals surface area contributed by atoms with E-state index in [0.717, 1.165) is 6.42 Å². The zero-order valence-electron chi connectivity index (χ0n) is 9.39. The molecule has 1 aromatic carbocycles. The lowest BCUT2D eigenvalue weighted by Gasteiger charge is -2.28. The van der Waals surface area contributed by atoms with Crippen molar-refractivity contribution in [3.05, 3.63) is 36.0 Å². The summed E-state index contributed by atoms with van der Waals surface area (Å²) in [6, 6.07) is 9.22. The van der Waals surface area contributed by atoms with Crippen molar-refractivity contribution in [2.24, 2.45) is 0 Å². The average Bonchev–Trinajstić information content (AvgIpc) is 2.57. The van der Waals surface area contributed by atoms with E-state index in [1.807, 2.05) is 0 Å². The smallest absolute Gasteiger partial charge is 0.0485 e. The molecular weight excluding hydrogens is 198 g/mol. The second kappa shape index (κ2) is 3.95. The predicted octanol–water partition coefficient (Wildman–Crippen LogP) is 2.90. The third-order valence-corrected chi connectivity index (χ3v) is 3.67. The van der Waals surface area contributed by atoms with Gasteiger partial charge in [0.2, 0.25) is 0 Å². The summed E-state index contributed by atoms with van der Waals surface area (Å²) in [4.78, 5) is 0. The highest BCUT2D eigenvalue weighted by Crippen LogP contribution is 2.35. The summed E-state index contributed by atoms with van der Waals surface area (Å²) in [7, 11) is 0. The van der Waals surface area contributed by atoms with Gasteiger partial charge in [-0.1, -0.05) is 18.2 Å². The Labute approximate surface area is 95.5 Å². The average molecular weight is 215 g/mol. The van der Waals surface area contributed by atoms with Gasteiger partial charge in [0.25, 0.3) is 0 Å². The number of aliphatic hydroxyl groups excluding tert-OH is 1. The molecule has 1 saturated carbocycles. The summed E-state index contributed by atoms with van der Waals surface area (Å²) >= 11 is 0. The summed E-state index contributed by atoms with van der Waals surface area (Å²) < 4.78 is 2.41. The van der Waals surface area contributed by atoms with Crippen LogP contribution in [0.5, 0.6) is 0 Å². The number of fused-ring (bicyclic) bond motifs is 1. The number of benzene rings is 1. The normalized spacial score (nSPS) is 16.6. The third-order valence-electron chi connectivity index (χ3n) is 3.67. The molecule has 1 heterocycles. The van der Waals surface area contributed by atoms with Crippen LogP contribution in [0.2, 0.25) is 0 Å². The Morgan fingerprint density at radius 3 is 2.75 bits per heavy atom. The van der Waals surface area contributed by atoms with Gasteiger partial charge < -0.3 is 9.67 Å². The van der Waals surface area contributed by atoms with Gasteiger partial charge in [-0.15, -0.1) is 0 Å². The van der Waals surface area contributed by atoms with E-state index in [9.17, 15) is 0 Å². The van der Waals surface area contributed by atoms with Crippen molar-refractivity contribution in [2.75, 3.05) is 6.61 Å². The van der Waals surface area contributed by atoms with Crippen LogP contribution in [0.3, 0.4) is 0 Å². The van der Waals surface area contributed by atoms with Crippen LogP contribution in [-0.4, -0.2) is 16.3 Å². The number of nitrogens with zero attached hydrogens (tertiary/aromatic N) is 1. The van der Waals surface area contributed by atoms with Gasteiger partial charge in [0.05, 0.1) is 0 Å². The van der Waals surface area contributed by atoms with Gasteiger partial charge in [-0.3, -0.25) is 0 Å². The second-order valence-corrected chi connectivity index (χ2v) is 4.64. The van der Waals surface area contributed by atoms with Gasteiger partial charge in [0, 0.05) is 29.7 Å². The predicted molar refractivity (Wildman–Crippen MR) is 65.6 cm³/mol. The van der Waals surface area contributed by atoms with Gasteiger partial charge in [0.1, 0.15) is 0 Å². The number of aliphatic hydroxyl groups is 1. The van der Waals surface area contributed by atoms with Crippen molar-refractivity contribution >= 4 is 10.9 Å². The first kappa shape index (κ1) is 9.91. The summed E-state index contributed by atoms with van der Waals surface area (Å²) in [5.74, 6) is 0. The largest absolute Gasteiger partial charge is 0.396 e. The number of para-hydroxylation sites is 1. The van der Waals surface area contributed by atoms with Crippen LogP contribution in [0.25, 0.3) is 10.9 Å². The molecule has 2 aromatic rings. The van der Waals surface area contributed by atoms with Gasteiger partial charge >= 0.3 is 0 Å². The van der Waals surface area contributed by atoms with E-state index in [4.69, 9.17) is 5.11 Å².